The summed E-state index contributed by atoms with van der Waals surface area (Å²) in [6.07, 6.45) is 4.68. The van der Waals surface area contributed by atoms with Crippen molar-refractivity contribution in [1.82, 2.24) is 15.1 Å². The molecule has 0 amide bonds. The Bertz CT molecular complexity index is 299. The van der Waals surface area contributed by atoms with Crippen molar-refractivity contribution in [2.75, 3.05) is 19.8 Å². The van der Waals surface area contributed by atoms with Gasteiger partial charge >= 0.3 is 0 Å². The smallest absolute Gasteiger partial charge is 0.0762 e. The van der Waals surface area contributed by atoms with Crippen molar-refractivity contribution in [2.45, 2.75) is 19.4 Å². The van der Waals surface area contributed by atoms with Crippen molar-refractivity contribution in [3.8, 4) is 0 Å². The Labute approximate surface area is 103 Å². The summed E-state index contributed by atoms with van der Waals surface area (Å²) in [6.45, 7) is 3.49. The maximum absolute atomic E-state index is 5.51. The molecule has 1 fully saturated rings. The van der Waals surface area contributed by atoms with Gasteiger partial charge in [0.15, 0.2) is 0 Å². The Hall–Kier alpha value is -0.580. The molecule has 0 aromatic carbocycles. The molecule has 0 aliphatic heterocycles. The fraction of sp³-hybridized carbons (Fsp3) is 0.727. The van der Waals surface area contributed by atoms with E-state index in [-0.39, 0.29) is 12.4 Å². The summed E-state index contributed by atoms with van der Waals surface area (Å²) < 4.78 is 7.33. The van der Waals surface area contributed by atoms with E-state index in [1.54, 1.807) is 0 Å². The van der Waals surface area contributed by atoms with Crippen LogP contribution >= 0.6 is 12.4 Å². The number of ether oxygens (including phenoxy) is 1. The van der Waals surface area contributed by atoms with Gasteiger partial charge in [-0.3, -0.25) is 4.68 Å². The van der Waals surface area contributed by atoms with E-state index in [9.17, 15) is 0 Å². The number of hydrogen-bond acceptors (Lipinski definition) is 3. The maximum atomic E-state index is 5.51. The van der Waals surface area contributed by atoms with E-state index in [2.05, 4.69) is 10.4 Å². The first kappa shape index (κ1) is 13.5. The minimum absolute atomic E-state index is 0. The molecule has 1 aliphatic rings. The summed E-state index contributed by atoms with van der Waals surface area (Å²) in [5.74, 6) is 0.862. The summed E-state index contributed by atoms with van der Waals surface area (Å²) in [6, 6.07) is 2.03. The quantitative estimate of drug-likeness (QED) is 0.738. The third kappa shape index (κ3) is 4.96. The monoisotopic (exact) mass is 245 g/mol. The molecule has 1 heterocycles. The predicted molar refractivity (Wildman–Crippen MR) is 65.7 cm³/mol. The van der Waals surface area contributed by atoms with Crippen molar-refractivity contribution < 1.29 is 4.74 Å². The summed E-state index contributed by atoms with van der Waals surface area (Å²) in [5.41, 5.74) is 1.08. The van der Waals surface area contributed by atoms with Crippen LogP contribution in [0.1, 0.15) is 18.5 Å². The summed E-state index contributed by atoms with van der Waals surface area (Å²) >= 11 is 0. The van der Waals surface area contributed by atoms with Crippen LogP contribution in [0.3, 0.4) is 0 Å². The van der Waals surface area contributed by atoms with Crippen molar-refractivity contribution >= 4 is 12.4 Å². The van der Waals surface area contributed by atoms with Crippen LogP contribution in [0.15, 0.2) is 12.3 Å². The molecular formula is C11H20ClN3O. The van der Waals surface area contributed by atoms with Crippen LogP contribution < -0.4 is 5.32 Å². The van der Waals surface area contributed by atoms with Crippen molar-refractivity contribution in [3.05, 3.63) is 18.0 Å². The van der Waals surface area contributed by atoms with Crippen molar-refractivity contribution in [1.29, 1.82) is 0 Å². The largest absolute Gasteiger partial charge is 0.380 e. The van der Waals surface area contributed by atoms with Crippen molar-refractivity contribution in [2.24, 2.45) is 13.0 Å². The van der Waals surface area contributed by atoms with Gasteiger partial charge in [0.25, 0.3) is 0 Å². The molecule has 1 aromatic rings. The normalized spacial score (nSPS) is 14.8. The Balaban J connectivity index is 0.00000128. The average Bonchev–Trinajstić information content (AvgIpc) is 2.95. The van der Waals surface area contributed by atoms with E-state index in [4.69, 9.17) is 4.74 Å². The number of rotatable bonds is 7. The Morgan fingerprint density at radius 2 is 2.38 bits per heavy atom. The van der Waals surface area contributed by atoms with Crippen LogP contribution in [-0.4, -0.2) is 29.5 Å². The van der Waals surface area contributed by atoms with Gasteiger partial charge in [0.1, 0.15) is 0 Å². The fourth-order valence-electron chi connectivity index (χ4n) is 1.45. The third-order valence-electron chi connectivity index (χ3n) is 2.55. The summed E-state index contributed by atoms with van der Waals surface area (Å²) in [5, 5.41) is 7.59. The Morgan fingerprint density at radius 1 is 1.56 bits per heavy atom. The Kier molecular flexibility index (Phi) is 5.80. The highest BCUT2D eigenvalue weighted by Gasteiger charge is 2.20. The van der Waals surface area contributed by atoms with Crippen molar-refractivity contribution in [3.63, 3.8) is 0 Å². The van der Waals surface area contributed by atoms with E-state index in [0.717, 1.165) is 37.9 Å². The van der Waals surface area contributed by atoms with E-state index in [1.165, 1.54) is 12.8 Å². The molecule has 1 saturated carbocycles. The number of aryl methyl sites for hydroxylation is 1. The minimum atomic E-state index is 0. The molecule has 0 saturated heterocycles. The van der Waals surface area contributed by atoms with Gasteiger partial charge in [-0.25, -0.2) is 0 Å². The average molecular weight is 246 g/mol. The van der Waals surface area contributed by atoms with Crippen LogP contribution in [0.5, 0.6) is 0 Å². The summed E-state index contributed by atoms with van der Waals surface area (Å²) in [7, 11) is 1.93. The highest BCUT2D eigenvalue weighted by Crippen LogP contribution is 2.28. The molecule has 0 radical (unpaired) electrons. The van der Waals surface area contributed by atoms with Gasteiger partial charge in [0.05, 0.1) is 12.3 Å². The number of halogens is 1. The molecule has 1 N–H and O–H groups in total. The second-order valence-electron chi connectivity index (χ2n) is 4.18. The van der Waals surface area contributed by atoms with Gasteiger partial charge in [0, 0.05) is 32.9 Å². The summed E-state index contributed by atoms with van der Waals surface area (Å²) in [4.78, 5) is 0. The number of nitrogens with one attached hydrogen (secondary N) is 1. The second-order valence-corrected chi connectivity index (χ2v) is 4.18. The number of nitrogens with zero attached hydrogens (tertiary/aromatic N) is 2. The zero-order valence-corrected chi connectivity index (χ0v) is 10.5. The predicted octanol–water partition coefficient (Wildman–Crippen LogP) is 1.36. The van der Waals surface area contributed by atoms with E-state index < -0.39 is 0 Å². The standard InChI is InChI=1S/C11H19N3O.ClH/c1-14-6-4-11(13-14)8-12-5-7-15-9-10-2-3-10;/h4,6,10,12H,2-3,5,7-9H2,1H3;1H. The van der Waals surface area contributed by atoms with Gasteiger partial charge < -0.3 is 10.1 Å². The molecule has 0 bridgehead atoms. The first-order chi connectivity index (χ1) is 7.34. The van der Waals surface area contributed by atoms with Crippen LogP contribution in [0.25, 0.3) is 0 Å². The van der Waals surface area contributed by atoms with Gasteiger partial charge in [-0.05, 0) is 24.8 Å². The Morgan fingerprint density at radius 3 is 3.00 bits per heavy atom. The lowest BCUT2D eigenvalue weighted by molar-refractivity contribution is 0.126. The van der Waals surface area contributed by atoms with E-state index in [1.807, 2.05) is 24.0 Å². The lowest BCUT2D eigenvalue weighted by atomic mass is 10.4. The molecular weight excluding hydrogens is 226 g/mol. The molecule has 0 spiro atoms. The third-order valence-corrected chi connectivity index (χ3v) is 2.55. The van der Waals surface area contributed by atoms with Gasteiger partial charge in [0.2, 0.25) is 0 Å². The molecule has 1 aromatic heterocycles. The molecule has 0 unspecified atom stereocenters. The van der Waals surface area contributed by atoms with Crippen LogP contribution in [0, 0.1) is 5.92 Å². The van der Waals surface area contributed by atoms with Crippen LogP contribution in [-0.2, 0) is 18.3 Å². The SMILES string of the molecule is Cl.Cn1ccc(CNCCOCC2CC2)n1. The minimum Gasteiger partial charge on any atom is -0.380 e. The van der Waals surface area contributed by atoms with Crippen LogP contribution in [0.4, 0.5) is 0 Å². The highest BCUT2D eigenvalue weighted by atomic mass is 35.5. The molecule has 4 nitrogen and oxygen atoms in total. The first-order valence-corrected chi connectivity index (χ1v) is 5.61. The molecule has 0 atom stereocenters. The zero-order chi connectivity index (χ0) is 10.5. The van der Waals surface area contributed by atoms with Gasteiger partial charge in [-0.1, -0.05) is 0 Å². The second kappa shape index (κ2) is 6.89. The zero-order valence-electron chi connectivity index (χ0n) is 9.69. The van der Waals surface area contributed by atoms with E-state index in [0.29, 0.717) is 0 Å². The highest BCUT2D eigenvalue weighted by molar-refractivity contribution is 5.85. The number of hydrogen-bond donors (Lipinski definition) is 1. The first-order valence-electron chi connectivity index (χ1n) is 5.61. The lowest BCUT2D eigenvalue weighted by Gasteiger charge is -2.03. The lowest BCUT2D eigenvalue weighted by Crippen LogP contribution is -2.20. The van der Waals surface area contributed by atoms with Gasteiger partial charge in [-0.2, -0.15) is 5.10 Å². The fourth-order valence-corrected chi connectivity index (χ4v) is 1.45. The van der Waals surface area contributed by atoms with Gasteiger partial charge in [-0.15, -0.1) is 12.4 Å². The molecule has 2 rings (SSSR count). The topological polar surface area (TPSA) is 39.1 Å². The molecule has 92 valence electrons. The van der Waals surface area contributed by atoms with E-state index >= 15 is 0 Å². The number of aromatic nitrogens is 2. The maximum Gasteiger partial charge on any atom is 0.0762 e. The molecule has 16 heavy (non-hydrogen) atoms. The molecule has 1 aliphatic carbocycles. The van der Waals surface area contributed by atoms with Crippen LogP contribution in [0.2, 0.25) is 0 Å². The molecule has 5 heteroatoms.